The summed E-state index contributed by atoms with van der Waals surface area (Å²) in [7, 11) is 1.66. The van der Waals surface area contributed by atoms with Gasteiger partial charge in [0, 0.05) is 25.0 Å². The van der Waals surface area contributed by atoms with E-state index in [2.05, 4.69) is 0 Å². The Morgan fingerprint density at radius 3 is 2.67 bits per heavy atom. The van der Waals surface area contributed by atoms with E-state index in [1.807, 2.05) is 6.92 Å². The summed E-state index contributed by atoms with van der Waals surface area (Å²) in [5.74, 6) is -0.239. The van der Waals surface area contributed by atoms with Gasteiger partial charge in [0.15, 0.2) is 0 Å². The fraction of sp³-hybridized carbons (Fsp3) is 0.389. The van der Waals surface area contributed by atoms with Crippen LogP contribution in [0.3, 0.4) is 0 Å². The van der Waals surface area contributed by atoms with Crippen LogP contribution in [0.1, 0.15) is 37.4 Å². The van der Waals surface area contributed by atoms with E-state index in [0.29, 0.717) is 40.8 Å². The number of halogens is 1. The number of carbonyl (C=O) groups excluding carboxylic acids is 3. The summed E-state index contributed by atoms with van der Waals surface area (Å²) in [6.45, 7) is 3.51. The van der Waals surface area contributed by atoms with Crippen LogP contribution in [-0.4, -0.2) is 54.2 Å². The number of fused-ring (bicyclic) bond motifs is 3. The molecule has 142 valence electrons. The number of thiophene rings is 2. The monoisotopic (exact) mass is 423 g/mol. The molecule has 0 saturated carbocycles. The van der Waals surface area contributed by atoms with Crippen LogP contribution in [0.25, 0.3) is 0 Å². The summed E-state index contributed by atoms with van der Waals surface area (Å²) in [5.41, 5.74) is 1.62. The first-order chi connectivity index (χ1) is 12.9. The first-order valence-electron chi connectivity index (χ1n) is 8.65. The van der Waals surface area contributed by atoms with Crippen LogP contribution in [0, 0.1) is 0 Å². The summed E-state index contributed by atoms with van der Waals surface area (Å²) in [6, 6.07) is 3.46. The van der Waals surface area contributed by atoms with Gasteiger partial charge in [-0.3, -0.25) is 14.4 Å². The predicted molar refractivity (Wildman–Crippen MR) is 107 cm³/mol. The predicted octanol–water partition coefficient (Wildman–Crippen LogP) is 3.10. The minimum absolute atomic E-state index is 0.0481. The normalized spacial score (nSPS) is 17.1. The molecule has 0 aliphatic carbocycles. The highest BCUT2D eigenvalue weighted by molar-refractivity contribution is 7.18. The minimum Gasteiger partial charge on any atom is -0.332 e. The third-order valence-corrected chi connectivity index (χ3v) is 7.36. The van der Waals surface area contributed by atoms with Crippen LogP contribution in [0.5, 0.6) is 0 Å². The van der Waals surface area contributed by atoms with Gasteiger partial charge in [-0.05, 0) is 31.0 Å². The van der Waals surface area contributed by atoms with Crippen molar-refractivity contribution in [2.24, 2.45) is 0 Å². The third kappa shape index (κ3) is 3.05. The zero-order chi connectivity index (χ0) is 19.3. The average Bonchev–Trinajstić information content (AvgIpc) is 3.21. The fourth-order valence-corrected chi connectivity index (χ4v) is 5.99. The molecule has 0 fully saturated rings. The summed E-state index contributed by atoms with van der Waals surface area (Å²) in [5, 5.41) is 0.718. The smallest absolute Gasteiger partial charge is 0.264 e. The van der Waals surface area contributed by atoms with Crippen molar-refractivity contribution in [3.8, 4) is 0 Å². The third-order valence-electron chi connectivity index (χ3n) is 4.90. The van der Waals surface area contributed by atoms with Gasteiger partial charge in [0.05, 0.1) is 21.3 Å². The Morgan fingerprint density at radius 2 is 2.00 bits per heavy atom. The first kappa shape index (κ1) is 18.5. The van der Waals surface area contributed by atoms with E-state index < -0.39 is 0 Å². The maximum Gasteiger partial charge on any atom is 0.264 e. The molecule has 4 rings (SSSR count). The molecule has 0 saturated heterocycles. The Labute approximate surface area is 169 Å². The fourth-order valence-electron chi connectivity index (χ4n) is 3.54. The number of anilines is 1. The largest absolute Gasteiger partial charge is 0.332 e. The molecule has 2 aliphatic rings. The number of hydrogen-bond donors (Lipinski definition) is 0. The van der Waals surface area contributed by atoms with Gasteiger partial charge in [-0.2, -0.15) is 0 Å². The number of rotatable bonds is 2. The maximum atomic E-state index is 12.9. The molecule has 0 bridgehead atoms. The van der Waals surface area contributed by atoms with Gasteiger partial charge in [-0.1, -0.05) is 11.6 Å². The second-order valence-electron chi connectivity index (χ2n) is 6.56. The molecule has 0 N–H and O–H groups in total. The summed E-state index contributed by atoms with van der Waals surface area (Å²) in [6.07, 6.45) is 0.608. The lowest BCUT2D eigenvalue weighted by Gasteiger charge is -2.27. The Morgan fingerprint density at radius 1 is 1.22 bits per heavy atom. The van der Waals surface area contributed by atoms with Crippen molar-refractivity contribution in [2.45, 2.75) is 19.9 Å². The highest BCUT2D eigenvalue weighted by Crippen LogP contribution is 2.41. The second-order valence-corrected chi connectivity index (χ2v) is 9.36. The van der Waals surface area contributed by atoms with E-state index in [-0.39, 0.29) is 24.3 Å². The molecule has 3 amide bonds. The Hall–Kier alpha value is -1.90. The first-order valence-corrected chi connectivity index (χ1v) is 10.7. The van der Waals surface area contributed by atoms with Gasteiger partial charge in [0.1, 0.15) is 11.5 Å². The van der Waals surface area contributed by atoms with E-state index in [0.717, 1.165) is 15.4 Å². The van der Waals surface area contributed by atoms with Crippen molar-refractivity contribution in [1.29, 1.82) is 0 Å². The Bertz CT molecular complexity index is 952. The van der Waals surface area contributed by atoms with Crippen molar-refractivity contribution < 1.29 is 14.4 Å². The molecule has 0 atom stereocenters. The molecule has 0 radical (unpaired) electrons. The second kappa shape index (κ2) is 6.92. The van der Waals surface area contributed by atoms with Crippen LogP contribution < -0.4 is 4.90 Å². The number of nitrogens with zero attached hydrogens (tertiary/aromatic N) is 3. The maximum absolute atomic E-state index is 12.9. The van der Waals surface area contributed by atoms with Crippen LogP contribution in [0.15, 0.2) is 12.1 Å². The molecule has 2 aliphatic heterocycles. The number of likely N-dealkylation sites (N-methyl/N-ethyl adjacent to an activating group) is 2. The molecular formula is C18H18ClN3O3S2. The number of carbonyl (C=O) groups is 3. The molecule has 27 heavy (non-hydrogen) atoms. The van der Waals surface area contributed by atoms with Gasteiger partial charge < -0.3 is 14.7 Å². The summed E-state index contributed by atoms with van der Waals surface area (Å²) < 4.78 is 0.588. The van der Waals surface area contributed by atoms with Gasteiger partial charge in [-0.25, -0.2) is 0 Å². The zero-order valence-corrected chi connectivity index (χ0v) is 17.3. The van der Waals surface area contributed by atoms with Gasteiger partial charge >= 0.3 is 0 Å². The van der Waals surface area contributed by atoms with E-state index in [1.54, 1.807) is 29.0 Å². The average molecular weight is 424 g/mol. The minimum atomic E-state index is -0.114. The Balaban J connectivity index is 1.70. The highest BCUT2D eigenvalue weighted by atomic mass is 35.5. The van der Waals surface area contributed by atoms with E-state index in [9.17, 15) is 14.4 Å². The van der Waals surface area contributed by atoms with Gasteiger partial charge in [0.2, 0.25) is 5.91 Å². The molecule has 4 heterocycles. The SMILES string of the molecule is CCN1C(=O)CN(C)C(=O)c2c1sc1c2CCN(C(=O)c2ccc(Cl)s2)C1. The topological polar surface area (TPSA) is 60.9 Å². The number of hydrogen-bond acceptors (Lipinski definition) is 5. The van der Waals surface area contributed by atoms with Crippen molar-refractivity contribution in [3.05, 3.63) is 37.4 Å². The van der Waals surface area contributed by atoms with Crippen molar-refractivity contribution in [2.75, 3.05) is 31.6 Å². The summed E-state index contributed by atoms with van der Waals surface area (Å²) >= 11 is 8.68. The van der Waals surface area contributed by atoms with E-state index in [1.165, 1.54) is 27.6 Å². The lowest BCUT2D eigenvalue weighted by Crippen LogP contribution is -2.38. The van der Waals surface area contributed by atoms with Crippen LogP contribution >= 0.6 is 34.3 Å². The molecule has 6 nitrogen and oxygen atoms in total. The zero-order valence-electron chi connectivity index (χ0n) is 15.0. The molecule has 2 aromatic heterocycles. The summed E-state index contributed by atoms with van der Waals surface area (Å²) in [4.78, 5) is 44.7. The Kier molecular flexibility index (Phi) is 4.73. The van der Waals surface area contributed by atoms with Crippen LogP contribution in [0.2, 0.25) is 4.34 Å². The lowest BCUT2D eigenvalue weighted by molar-refractivity contribution is -0.118. The van der Waals surface area contributed by atoms with Crippen molar-refractivity contribution in [3.63, 3.8) is 0 Å². The van der Waals surface area contributed by atoms with Crippen LogP contribution in [0.4, 0.5) is 5.00 Å². The molecular weight excluding hydrogens is 406 g/mol. The molecule has 0 spiro atoms. The molecule has 0 aromatic carbocycles. The van der Waals surface area contributed by atoms with Gasteiger partial charge in [0.25, 0.3) is 11.8 Å². The van der Waals surface area contributed by atoms with E-state index >= 15 is 0 Å². The highest BCUT2D eigenvalue weighted by Gasteiger charge is 2.37. The van der Waals surface area contributed by atoms with Gasteiger partial charge in [-0.15, -0.1) is 22.7 Å². The van der Waals surface area contributed by atoms with Crippen LogP contribution in [-0.2, 0) is 17.8 Å². The molecule has 9 heteroatoms. The number of amides is 3. The standard InChI is InChI=1S/C18H18ClN3O3S2/c1-3-22-14(23)9-20(2)17(25)15-10-6-7-21(8-12(10)27-18(15)22)16(24)11-4-5-13(19)26-11/h4-5H,3,6-9H2,1-2H3. The van der Waals surface area contributed by atoms with E-state index in [4.69, 9.17) is 11.6 Å². The quantitative estimate of drug-likeness (QED) is 0.745. The molecule has 2 aromatic rings. The molecule has 0 unspecified atom stereocenters. The lowest BCUT2D eigenvalue weighted by atomic mass is 10.0. The van der Waals surface area contributed by atoms with Crippen molar-refractivity contribution >= 4 is 57.0 Å². The van der Waals surface area contributed by atoms with Crippen molar-refractivity contribution in [1.82, 2.24) is 9.80 Å².